The monoisotopic (exact) mass is 508 g/mol. The topological polar surface area (TPSA) is 57.3 Å². The highest BCUT2D eigenvalue weighted by Crippen LogP contribution is 2.50. The molecule has 9 heteroatoms. The number of halogens is 4. The molecular formula is C23H24BrF3N4O. The van der Waals surface area contributed by atoms with E-state index in [4.69, 9.17) is 0 Å². The average Bonchev–Trinajstić information content (AvgIpc) is 3.57. The molecular weight excluding hydrogens is 485 g/mol. The van der Waals surface area contributed by atoms with Crippen molar-refractivity contribution in [2.24, 2.45) is 5.92 Å². The van der Waals surface area contributed by atoms with Crippen molar-refractivity contribution in [2.45, 2.75) is 62.8 Å². The number of benzene rings is 1. The SMILES string of the molecule is O=C(C1CCC(NC2(C(F)(F)F)CC2)CC1)N1Cc2cccnc2Nc2ccc(Br)cc21. The van der Waals surface area contributed by atoms with Crippen molar-refractivity contribution in [1.29, 1.82) is 0 Å². The second-order valence-electron chi connectivity index (χ2n) is 8.99. The van der Waals surface area contributed by atoms with Crippen LogP contribution in [0, 0.1) is 5.92 Å². The van der Waals surface area contributed by atoms with Gasteiger partial charge in [-0.2, -0.15) is 13.2 Å². The summed E-state index contributed by atoms with van der Waals surface area (Å²) in [5.74, 6) is 0.526. The zero-order valence-electron chi connectivity index (χ0n) is 17.4. The molecule has 1 aromatic carbocycles. The van der Waals surface area contributed by atoms with Crippen LogP contribution in [0.5, 0.6) is 0 Å². The molecule has 2 heterocycles. The van der Waals surface area contributed by atoms with Crippen LogP contribution in [0.4, 0.5) is 30.4 Å². The van der Waals surface area contributed by atoms with Gasteiger partial charge in [-0.15, -0.1) is 0 Å². The van der Waals surface area contributed by atoms with Crippen LogP contribution in [0.25, 0.3) is 0 Å². The van der Waals surface area contributed by atoms with Crippen molar-refractivity contribution in [3.8, 4) is 0 Å². The lowest BCUT2D eigenvalue weighted by Gasteiger charge is -2.35. The van der Waals surface area contributed by atoms with E-state index in [0.717, 1.165) is 27.2 Å². The van der Waals surface area contributed by atoms with Crippen molar-refractivity contribution in [3.63, 3.8) is 0 Å². The summed E-state index contributed by atoms with van der Waals surface area (Å²) >= 11 is 3.50. The Morgan fingerprint density at radius 2 is 1.94 bits per heavy atom. The Morgan fingerprint density at radius 1 is 1.19 bits per heavy atom. The fourth-order valence-corrected chi connectivity index (χ4v) is 5.17. The third kappa shape index (κ3) is 4.01. The minimum absolute atomic E-state index is 0.0123. The van der Waals surface area contributed by atoms with Crippen LogP contribution in [0.15, 0.2) is 41.0 Å². The van der Waals surface area contributed by atoms with E-state index in [1.807, 2.05) is 30.3 Å². The molecule has 1 amide bonds. The number of aromatic nitrogens is 1. The lowest BCUT2D eigenvalue weighted by molar-refractivity contribution is -0.168. The summed E-state index contributed by atoms with van der Waals surface area (Å²) < 4.78 is 40.7. The minimum atomic E-state index is -4.21. The smallest absolute Gasteiger partial charge is 0.338 e. The van der Waals surface area contributed by atoms with Gasteiger partial charge in [0.25, 0.3) is 0 Å². The molecule has 0 spiro atoms. The molecule has 3 aliphatic rings. The number of nitrogens with zero attached hydrogens (tertiary/aromatic N) is 2. The maximum atomic E-state index is 13.6. The number of hydrogen-bond donors (Lipinski definition) is 2. The molecule has 1 aromatic heterocycles. The number of pyridine rings is 1. The summed E-state index contributed by atoms with van der Waals surface area (Å²) in [5, 5.41) is 6.19. The first-order chi connectivity index (χ1) is 15.3. The summed E-state index contributed by atoms with van der Waals surface area (Å²) in [5.41, 5.74) is 0.795. The third-order valence-electron chi connectivity index (χ3n) is 6.84. The van der Waals surface area contributed by atoms with E-state index in [2.05, 4.69) is 31.5 Å². The van der Waals surface area contributed by atoms with Crippen molar-refractivity contribution >= 4 is 39.0 Å². The Hall–Kier alpha value is -2.13. The van der Waals surface area contributed by atoms with Crippen LogP contribution >= 0.6 is 15.9 Å². The zero-order chi connectivity index (χ0) is 22.5. The average molecular weight is 509 g/mol. The number of nitrogens with one attached hydrogen (secondary N) is 2. The number of carbonyl (C=O) groups is 1. The lowest BCUT2D eigenvalue weighted by atomic mass is 9.84. The van der Waals surface area contributed by atoms with Gasteiger partial charge in [-0.3, -0.25) is 4.79 Å². The van der Waals surface area contributed by atoms with Crippen molar-refractivity contribution < 1.29 is 18.0 Å². The van der Waals surface area contributed by atoms with E-state index < -0.39 is 11.7 Å². The van der Waals surface area contributed by atoms with Crippen LogP contribution in [0.1, 0.15) is 44.1 Å². The van der Waals surface area contributed by atoms with Crippen LogP contribution in [-0.4, -0.2) is 28.6 Å². The van der Waals surface area contributed by atoms with E-state index in [1.165, 1.54) is 0 Å². The van der Waals surface area contributed by atoms with Gasteiger partial charge in [-0.05, 0) is 62.8 Å². The minimum Gasteiger partial charge on any atom is -0.338 e. The Morgan fingerprint density at radius 3 is 2.62 bits per heavy atom. The molecule has 2 N–H and O–H groups in total. The summed E-state index contributed by atoms with van der Waals surface area (Å²) in [6.07, 6.45) is 0.105. The number of anilines is 3. The Labute approximate surface area is 192 Å². The van der Waals surface area contributed by atoms with Gasteiger partial charge in [-0.1, -0.05) is 22.0 Å². The lowest BCUT2D eigenvalue weighted by Crippen LogP contribution is -2.51. The standard InChI is InChI=1S/C23H24BrF3N4O/c24-16-5-8-18-19(12-16)31(13-15-2-1-11-28-20(15)29-18)21(32)14-3-6-17(7-4-14)30-22(9-10-22)23(25,26)27/h1-2,5,8,11-12,14,17,30H,3-4,6-7,9-10,13H2,(H,28,29). The van der Waals surface area contributed by atoms with Gasteiger partial charge in [0, 0.05) is 28.2 Å². The van der Waals surface area contributed by atoms with E-state index in [1.54, 1.807) is 11.1 Å². The zero-order valence-corrected chi connectivity index (χ0v) is 19.0. The summed E-state index contributed by atoms with van der Waals surface area (Å²) in [6.45, 7) is 0.397. The first-order valence-electron chi connectivity index (χ1n) is 10.9. The van der Waals surface area contributed by atoms with E-state index in [9.17, 15) is 18.0 Å². The Kier molecular flexibility index (Phi) is 5.44. The first-order valence-corrected chi connectivity index (χ1v) is 11.7. The van der Waals surface area contributed by atoms with Gasteiger partial charge in [0.05, 0.1) is 17.9 Å². The van der Waals surface area contributed by atoms with Gasteiger partial charge in [0.1, 0.15) is 11.4 Å². The summed E-state index contributed by atoms with van der Waals surface area (Å²) in [6, 6.07) is 9.34. The van der Waals surface area contributed by atoms with Crippen molar-refractivity contribution in [1.82, 2.24) is 10.3 Å². The van der Waals surface area contributed by atoms with Gasteiger partial charge in [0.2, 0.25) is 5.91 Å². The van der Waals surface area contributed by atoms with Crippen molar-refractivity contribution in [2.75, 3.05) is 10.2 Å². The molecule has 5 nitrogen and oxygen atoms in total. The molecule has 0 atom stereocenters. The number of alkyl halides is 3. The second-order valence-corrected chi connectivity index (χ2v) is 9.91. The van der Waals surface area contributed by atoms with Crippen LogP contribution < -0.4 is 15.5 Å². The van der Waals surface area contributed by atoms with Gasteiger partial charge >= 0.3 is 6.18 Å². The molecule has 5 rings (SSSR count). The van der Waals surface area contributed by atoms with E-state index in [0.29, 0.717) is 32.2 Å². The molecule has 32 heavy (non-hydrogen) atoms. The normalized spacial score (nSPS) is 24.1. The quantitative estimate of drug-likeness (QED) is 0.560. The highest BCUT2D eigenvalue weighted by molar-refractivity contribution is 9.10. The number of carbonyl (C=O) groups excluding carboxylic acids is 1. The number of amides is 1. The molecule has 170 valence electrons. The second kappa shape index (κ2) is 8.02. The highest BCUT2D eigenvalue weighted by atomic mass is 79.9. The molecule has 0 bridgehead atoms. The molecule has 2 saturated carbocycles. The highest BCUT2D eigenvalue weighted by Gasteiger charge is 2.63. The molecule has 2 aliphatic carbocycles. The predicted octanol–water partition coefficient (Wildman–Crippen LogP) is 5.68. The largest absolute Gasteiger partial charge is 0.406 e. The third-order valence-corrected chi connectivity index (χ3v) is 7.33. The summed E-state index contributed by atoms with van der Waals surface area (Å²) in [7, 11) is 0. The fourth-order valence-electron chi connectivity index (χ4n) is 4.82. The van der Waals surface area contributed by atoms with Crippen LogP contribution in [-0.2, 0) is 11.3 Å². The van der Waals surface area contributed by atoms with Crippen LogP contribution in [0.3, 0.4) is 0 Å². The summed E-state index contributed by atoms with van der Waals surface area (Å²) in [4.78, 5) is 19.8. The van der Waals surface area contributed by atoms with Gasteiger partial charge < -0.3 is 15.5 Å². The van der Waals surface area contributed by atoms with E-state index in [-0.39, 0.29) is 30.7 Å². The molecule has 1 aliphatic heterocycles. The Balaban J connectivity index is 1.33. The number of fused-ring (bicyclic) bond motifs is 2. The molecule has 0 saturated heterocycles. The molecule has 0 unspecified atom stereocenters. The predicted molar refractivity (Wildman–Crippen MR) is 120 cm³/mol. The van der Waals surface area contributed by atoms with E-state index >= 15 is 0 Å². The van der Waals surface area contributed by atoms with Crippen molar-refractivity contribution in [3.05, 3.63) is 46.6 Å². The molecule has 0 radical (unpaired) electrons. The maximum Gasteiger partial charge on any atom is 0.406 e. The van der Waals surface area contributed by atoms with Gasteiger partial charge in [0.15, 0.2) is 0 Å². The van der Waals surface area contributed by atoms with Gasteiger partial charge in [-0.25, -0.2) is 4.98 Å². The number of hydrogen-bond acceptors (Lipinski definition) is 4. The Bertz CT molecular complexity index is 1030. The molecule has 2 aromatic rings. The molecule has 2 fully saturated rings. The first kappa shape index (κ1) is 21.7. The van der Waals surface area contributed by atoms with Crippen LogP contribution in [0.2, 0.25) is 0 Å². The number of rotatable bonds is 3. The maximum absolute atomic E-state index is 13.6. The fraction of sp³-hybridized carbons (Fsp3) is 0.478.